The Kier molecular flexibility index (Phi) is 5.19. The van der Waals surface area contributed by atoms with Gasteiger partial charge < -0.3 is 0 Å². The molecule has 0 saturated heterocycles. The van der Waals surface area contributed by atoms with Crippen LogP contribution in [0, 0.1) is 10.1 Å². The maximum atomic E-state index is 12.8. The molecular weight excluding hydrogens is 304 g/mol. The van der Waals surface area contributed by atoms with Gasteiger partial charge in [-0.25, -0.2) is 17.2 Å². The van der Waals surface area contributed by atoms with E-state index in [1.807, 2.05) is 0 Å². The van der Waals surface area contributed by atoms with Crippen LogP contribution in [0.4, 0.5) is 14.5 Å². The molecule has 1 aromatic rings. The van der Waals surface area contributed by atoms with Crippen LogP contribution in [0.3, 0.4) is 0 Å². The molecule has 0 unspecified atom stereocenters. The highest BCUT2D eigenvalue weighted by atomic mass is 35.5. The summed E-state index contributed by atoms with van der Waals surface area (Å²) in [6, 6.07) is 2.31. The molecular formula is C10H10ClF2NO4S. The summed E-state index contributed by atoms with van der Waals surface area (Å²) in [5.41, 5.74) is -1.43. The number of benzene rings is 1. The number of nitrogens with zero attached hydrogens (tertiary/aromatic N) is 1. The molecule has 0 amide bonds. The Hall–Kier alpha value is -1.28. The first-order chi connectivity index (χ1) is 8.79. The molecule has 9 heteroatoms. The van der Waals surface area contributed by atoms with Crippen LogP contribution in [-0.2, 0) is 9.84 Å². The Balaban J connectivity index is 3.31. The fraction of sp³-hybridized carbons (Fsp3) is 0.400. The number of sulfone groups is 1. The zero-order chi connectivity index (χ0) is 14.6. The largest absolute Gasteiger partial charge is 0.269 e. The van der Waals surface area contributed by atoms with E-state index in [2.05, 4.69) is 0 Å². The molecule has 0 aromatic heterocycles. The van der Waals surface area contributed by atoms with E-state index in [-0.39, 0.29) is 18.1 Å². The van der Waals surface area contributed by atoms with Crippen LogP contribution in [0.5, 0.6) is 0 Å². The van der Waals surface area contributed by atoms with Crippen LogP contribution < -0.4 is 0 Å². The van der Waals surface area contributed by atoms with Crippen LogP contribution >= 0.6 is 11.6 Å². The molecule has 0 saturated carbocycles. The smallest absolute Gasteiger partial charge is 0.258 e. The van der Waals surface area contributed by atoms with E-state index >= 15 is 0 Å². The number of nitro benzene ring substituents is 1. The number of rotatable bonds is 6. The minimum Gasteiger partial charge on any atom is -0.258 e. The average Bonchev–Trinajstić information content (AvgIpc) is 2.35. The highest BCUT2D eigenvalue weighted by Crippen LogP contribution is 2.30. The van der Waals surface area contributed by atoms with Crippen LogP contribution in [0.1, 0.15) is 18.4 Å². The summed E-state index contributed by atoms with van der Waals surface area (Å²) in [4.78, 5) is 9.06. The van der Waals surface area contributed by atoms with Gasteiger partial charge in [0.05, 0.1) is 15.6 Å². The number of non-ortho nitro benzene ring substituents is 1. The number of halogens is 3. The minimum atomic E-state index is -3.93. The van der Waals surface area contributed by atoms with Gasteiger partial charge in [0.2, 0.25) is 0 Å². The molecule has 0 spiro atoms. The first-order valence-electron chi connectivity index (χ1n) is 5.15. The topological polar surface area (TPSA) is 77.3 Å². The van der Waals surface area contributed by atoms with Crippen LogP contribution in [-0.4, -0.2) is 25.0 Å². The van der Waals surface area contributed by atoms with Gasteiger partial charge in [0.25, 0.3) is 12.1 Å². The second kappa shape index (κ2) is 6.25. The highest BCUT2D eigenvalue weighted by Gasteiger charge is 2.25. The molecule has 106 valence electrons. The van der Waals surface area contributed by atoms with Gasteiger partial charge in [-0.05, 0) is 12.5 Å². The average molecular weight is 314 g/mol. The number of hydrogen-bond acceptors (Lipinski definition) is 4. The monoisotopic (exact) mass is 313 g/mol. The number of alkyl halides is 3. The second-order valence-corrected chi connectivity index (χ2v) is 6.10. The molecule has 0 radical (unpaired) electrons. The maximum absolute atomic E-state index is 12.8. The summed E-state index contributed by atoms with van der Waals surface area (Å²) >= 11 is 5.36. The molecule has 0 fully saturated rings. The normalized spacial score (nSPS) is 11.8. The van der Waals surface area contributed by atoms with Crippen molar-refractivity contribution in [2.45, 2.75) is 17.7 Å². The molecule has 0 bridgehead atoms. The SMILES string of the molecule is O=[N+]([O-])c1ccc(S(=O)(=O)CCCCl)c(C(F)F)c1. The Bertz CT molecular complexity index is 577. The predicted molar refractivity (Wildman–Crippen MR) is 65.4 cm³/mol. The lowest BCUT2D eigenvalue weighted by molar-refractivity contribution is -0.385. The quantitative estimate of drug-likeness (QED) is 0.459. The van der Waals surface area contributed by atoms with E-state index in [0.717, 1.165) is 12.1 Å². The van der Waals surface area contributed by atoms with Crippen LogP contribution in [0.2, 0.25) is 0 Å². The highest BCUT2D eigenvalue weighted by molar-refractivity contribution is 7.91. The standard InChI is InChI=1S/C10H10ClF2NO4S/c11-4-1-5-19(17,18)9-3-2-7(14(15)16)6-8(9)10(12)13/h2-3,6,10H,1,4-5H2. The van der Waals surface area contributed by atoms with E-state index in [9.17, 15) is 27.3 Å². The van der Waals surface area contributed by atoms with Crippen molar-refractivity contribution >= 4 is 27.1 Å². The fourth-order valence-electron chi connectivity index (χ4n) is 1.46. The predicted octanol–water partition coefficient (Wildman–Crippen LogP) is 2.94. The summed E-state index contributed by atoms with van der Waals surface area (Å²) in [7, 11) is -3.93. The molecule has 0 atom stereocenters. The lowest BCUT2D eigenvalue weighted by atomic mass is 10.2. The van der Waals surface area contributed by atoms with E-state index in [1.165, 1.54) is 0 Å². The van der Waals surface area contributed by atoms with Crippen molar-refractivity contribution in [2.75, 3.05) is 11.6 Å². The van der Waals surface area contributed by atoms with Crippen molar-refractivity contribution in [3.05, 3.63) is 33.9 Å². The zero-order valence-electron chi connectivity index (χ0n) is 9.55. The summed E-state index contributed by atoms with van der Waals surface area (Å²) in [5.74, 6) is -0.301. The molecule has 19 heavy (non-hydrogen) atoms. The van der Waals surface area contributed by atoms with E-state index in [1.54, 1.807) is 0 Å². The van der Waals surface area contributed by atoms with Gasteiger partial charge in [-0.1, -0.05) is 0 Å². The van der Waals surface area contributed by atoms with E-state index in [4.69, 9.17) is 11.6 Å². The fourth-order valence-corrected chi connectivity index (χ4v) is 3.28. The number of nitro groups is 1. The Labute approximate surface area is 113 Å². The first-order valence-corrected chi connectivity index (χ1v) is 7.33. The maximum Gasteiger partial charge on any atom is 0.269 e. The van der Waals surface area contributed by atoms with Gasteiger partial charge in [0, 0.05) is 23.6 Å². The van der Waals surface area contributed by atoms with Gasteiger partial charge >= 0.3 is 0 Å². The van der Waals surface area contributed by atoms with Gasteiger partial charge in [0.1, 0.15) is 0 Å². The van der Waals surface area contributed by atoms with Crippen molar-refractivity contribution in [3.63, 3.8) is 0 Å². The molecule has 1 rings (SSSR count). The molecule has 0 aliphatic rings. The lowest BCUT2D eigenvalue weighted by Gasteiger charge is -2.09. The molecule has 0 N–H and O–H groups in total. The molecule has 0 heterocycles. The third-order valence-electron chi connectivity index (χ3n) is 2.32. The van der Waals surface area contributed by atoms with E-state index < -0.39 is 37.3 Å². The van der Waals surface area contributed by atoms with Crippen molar-refractivity contribution in [1.29, 1.82) is 0 Å². The third kappa shape index (κ3) is 3.84. The van der Waals surface area contributed by atoms with Gasteiger partial charge in [0.15, 0.2) is 9.84 Å². The van der Waals surface area contributed by atoms with Crippen molar-refractivity contribution < 1.29 is 22.1 Å². The van der Waals surface area contributed by atoms with Crippen molar-refractivity contribution in [3.8, 4) is 0 Å². The van der Waals surface area contributed by atoms with E-state index in [0.29, 0.717) is 6.07 Å². The molecule has 0 aliphatic carbocycles. The Morgan fingerprint density at radius 1 is 1.37 bits per heavy atom. The summed E-state index contributed by atoms with van der Waals surface area (Å²) in [6.07, 6.45) is -3.00. The molecule has 5 nitrogen and oxygen atoms in total. The van der Waals surface area contributed by atoms with Gasteiger partial charge in [-0.15, -0.1) is 11.6 Å². The lowest BCUT2D eigenvalue weighted by Crippen LogP contribution is -2.11. The van der Waals surface area contributed by atoms with Gasteiger partial charge in [-0.3, -0.25) is 10.1 Å². The third-order valence-corrected chi connectivity index (χ3v) is 4.46. The molecule has 0 aliphatic heterocycles. The zero-order valence-corrected chi connectivity index (χ0v) is 11.1. The minimum absolute atomic E-state index is 0.0796. The summed E-state index contributed by atoms with van der Waals surface area (Å²) in [6.45, 7) is 0. The Morgan fingerprint density at radius 2 is 2.00 bits per heavy atom. The van der Waals surface area contributed by atoms with Crippen molar-refractivity contribution in [1.82, 2.24) is 0 Å². The second-order valence-electron chi connectivity index (χ2n) is 3.64. The summed E-state index contributed by atoms with van der Waals surface area (Å²) in [5, 5.41) is 10.5. The number of hydrogen-bond donors (Lipinski definition) is 0. The van der Waals surface area contributed by atoms with Crippen molar-refractivity contribution in [2.24, 2.45) is 0 Å². The summed E-state index contributed by atoms with van der Waals surface area (Å²) < 4.78 is 49.3. The Morgan fingerprint density at radius 3 is 2.47 bits per heavy atom. The molecule has 1 aromatic carbocycles. The van der Waals surface area contributed by atoms with Crippen LogP contribution in [0.25, 0.3) is 0 Å². The van der Waals surface area contributed by atoms with Crippen LogP contribution in [0.15, 0.2) is 23.1 Å². The van der Waals surface area contributed by atoms with Gasteiger partial charge in [-0.2, -0.15) is 0 Å². The first kappa shape index (κ1) is 15.8.